The third kappa shape index (κ3) is 3.20. The van der Waals surface area contributed by atoms with Gasteiger partial charge in [-0.1, -0.05) is 18.5 Å². The summed E-state index contributed by atoms with van der Waals surface area (Å²) in [7, 11) is 1.95. The van der Waals surface area contributed by atoms with Crippen LogP contribution in [0.2, 0.25) is 4.34 Å². The summed E-state index contributed by atoms with van der Waals surface area (Å²) < 4.78 is 3.75. The molecule has 104 valence electrons. The van der Waals surface area contributed by atoms with Crippen LogP contribution in [-0.4, -0.2) is 9.78 Å². The smallest absolute Gasteiger partial charge is 0.0931 e. The van der Waals surface area contributed by atoms with Crippen LogP contribution in [0, 0.1) is 0 Å². The maximum Gasteiger partial charge on any atom is 0.0931 e. The molecule has 1 atom stereocenters. The van der Waals surface area contributed by atoms with Gasteiger partial charge in [0.1, 0.15) is 0 Å². The molecular weight excluding hydrogens is 348 g/mol. The molecule has 0 spiro atoms. The molecule has 0 aromatic carbocycles. The van der Waals surface area contributed by atoms with E-state index in [0.717, 1.165) is 37.9 Å². The Kier molecular flexibility index (Phi) is 5.03. The van der Waals surface area contributed by atoms with E-state index in [4.69, 9.17) is 17.4 Å². The second kappa shape index (κ2) is 6.37. The molecule has 0 aliphatic carbocycles. The molecule has 0 saturated heterocycles. The van der Waals surface area contributed by atoms with Crippen molar-refractivity contribution in [2.24, 2.45) is 12.9 Å². The summed E-state index contributed by atoms with van der Waals surface area (Å²) >= 11 is 11.1. The number of aryl methyl sites for hydroxylation is 2. The number of hydrazine groups is 1. The van der Waals surface area contributed by atoms with E-state index >= 15 is 0 Å². The summed E-state index contributed by atoms with van der Waals surface area (Å²) in [6, 6.07) is 3.93. The monoisotopic (exact) mass is 362 g/mol. The topological polar surface area (TPSA) is 55.9 Å². The number of nitrogens with zero attached hydrogens (tertiary/aromatic N) is 2. The highest BCUT2D eigenvalue weighted by molar-refractivity contribution is 9.10. The van der Waals surface area contributed by atoms with Gasteiger partial charge in [-0.15, -0.1) is 11.3 Å². The fraction of sp³-hybridized carbons (Fsp3) is 0.417. The van der Waals surface area contributed by atoms with Crippen molar-refractivity contribution in [3.63, 3.8) is 0 Å². The van der Waals surface area contributed by atoms with Gasteiger partial charge in [0.15, 0.2) is 0 Å². The van der Waals surface area contributed by atoms with E-state index in [1.807, 2.05) is 23.9 Å². The minimum atomic E-state index is 0.0360. The Hall–Kier alpha value is -0.400. The largest absolute Gasteiger partial charge is 0.271 e. The van der Waals surface area contributed by atoms with E-state index in [0.29, 0.717) is 0 Å². The van der Waals surface area contributed by atoms with Gasteiger partial charge in [0.2, 0.25) is 0 Å². The Labute approximate surface area is 130 Å². The molecule has 19 heavy (non-hydrogen) atoms. The molecule has 2 aromatic heterocycles. The van der Waals surface area contributed by atoms with Gasteiger partial charge >= 0.3 is 0 Å². The molecule has 2 heterocycles. The van der Waals surface area contributed by atoms with Gasteiger partial charge in [-0.05, 0) is 34.5 Å². The summed E-state index contributed by atoms with van der Waals surface area (Å²) in [5.41, 5.74) is 5.05. The van der Waals surface area contributed by atoms with Crippen LogP contribution < -0.4 is 11.3 Å². The second-order valence-electron chi connectivity index (χ2n) is 4.25. The van der Waals surface area contributed by atoms with Crippen LogP contribution in [0.4, 0.5) is 0 Å². The van der Waals surface area contributed by atoms with E-state index in [2.05, 4.69) is 33.4 Å². The van der Waals surface area contributed by atoms with Crippen LogP contribution in [0.15, 0.2) is 16.6 Å². The average Bonchev–Trinajstić information content (AvgIpc) is 2.92. The number of rotatable bonds is 5. The molecule has 7 heteroatoms. The molecule has 0 aliphatic rings. The first-order chi connectivity index (χ1) is 9.06. The number of thiophene rings is 1. The molecule has 0 radical (unpaired) electrons. The number of hydrogen-bond acceptors (Lipinski definition) is 4. The highest BCUT2D eigenvalue weighted by atomic mass is 79.9. The van der Waals surface area contributed by atoms with Gasteiger partial charge in [0.25, 0.3) is 0 Å². The van der Waals surface area contributed by atoms with E-state index in [1.54, 1.807) is 11.3 Å². The van der Waals surface area contributed by atoms with Crippen molar-refractivity contribution in [1.29, 1.82) is 0 Å². The standard InChI is InChI=1S/C12H16BrClN4S/c1-3-7-12(13)9(18(2)17-7)6-8(16-15)10-4-5-11(14)19-10/h4-5,8,16H,3,6,15H2,1-2H3. The molecule has 2 rings (SSSR count). The lowest BCUT2D eigenvalue weighted by Crippen LogP contribution is -2.29. The zero-order chi connectivity index (χ0) is 14.0. The normalized spacial score (nSPS) is 12.9. The molecule has 0 fully saturated rings. The maximum atomic E-state index is 5.98. The third-order valence-corrected chi connectivity index (χ3v) is 5.30. The first kappa shape index (κ1) is 15.0. The molecule has 4 nitrogen and oxygen atoms in total. The van der Waals surface area contributed by atoms with Crippen LogP contribution in [0.1, 0.15) is 29.2 Å². The van der Waals surface area contributed by atoms with E-state index in [-0.39, 0.29) is 6.04 Å². The summed E-state index contributed by atoms with van der Waals surface area (Å²) in [6.45, 7) is 2.09. The highest BCUT2D eigenvalue weighted by Crippen LogP contribution is 2.31. The average molecular weight is 364 g/mol. The van der Waals surface area contributed by atoms with E-state index < -0.39 is 0 Å². The van der Waals surface area contributed by atoms with Gasteiger partial charge < -0.3 is 0 Å². The zero-order valence-electron chi connectivity index (χ0n) is 10.8. The first-order valence-electron chi connectivity index (χ1n) is 5.98. The molecular formula is C12H16BrClN4S. The number of hydrogen-bond donors (Lipinski definition) is 2. The van der Waals surface area contributed by atoms with Crippen molar-refractivity contribution in [1.82, 2.24) is 15.2 Å². The third-order valence-electron chi connectivity index (χ3n) is 3.04. The molecule has 1 unspecified atom stereocenters. The Morgan fingerprint density at radius 1 is 1.58 bits per heavy atom. The van der Waals surface area contributed by atoms with Crippen LogP contribution in [0.25, 0.3) is 0 Å². The lowest BCUT2D eigenvalue weighted by Gasteiger charge is -2.14. The lowest BCUT2D eigenvalue weighted by molar-refractivity contribution is 0.536. The molecule has 0 amide bonds. The fourth-order valence-corrected chi connectivity index (χ4v) is 3.89. The van der Waals surface area contributed by atoms with Crippen molar-refractivity contribution < 1.29 is 0 Å². The van der Waals surface area contributed by atoms with Crippen molar-refractivity contribution in [2.45, 2.75) is 25.8 Å². The van der Waals surface area contributed by atoms with E-state index in [9.17, 15) is 0 Å². The summed E-state index contributed by atoms with van der Waals surface area (Å²) in [5, 5.41) is 4.49. The van der Waals surface area contributed by atoms with E-state index in [1.165, 1.54) is 0 Å². The minimum Gasteiger partial charge on any atom is -0.271 e. The minimum absolute atomic E-state index is 0.0360. The van der Waals surface area contributed by atoms with Crippen LogP contribution >= 0.6 is 38.9 Å². The number of aromatic nitrogens is 2. The first-order valence-corrected chi connectivity index (χ1v) is 7.97. The van der Waals surface area contributed by atoms with Crippen molar-refractivity contribution in [3.8, 4) is 0 Å². The summed E-state index contributed by atoms with van der Waals surface area (Å²) in [6.07, 6.45) is 1.66. The summed E-state index contributed by atoms with van der Waals surface area (Å²) in [4.78, 5) is 1.12. The second-order valence-corrected chi connectivity index (χ2v) is 6.79. The maximum absolute atomic E-state index is 5.98. The Morgan fingerprint density at radius 2 is 2.32 bits per heavy atom. The van der Waals surface area contributed by atoms with Crippen molar-refractivity contribution in [3.05, 3.63) is 37.2 Å². The van der Waals surface area contributed by atoms with Crippen molar-refractivity contribution >= 4 is 38.9 Å². The predicted octanol–water partition coefficient (Wildman–Crippen LogP) is 3.21. The van der Waals surface area contributed by atoms with Gasteiger partial charge in [-0.25, -0.2) is 0 Å². The predicted molar refractivity (Wildman–Crippen MR) is 83.4 cm³/mol. The molecule has 0 bridgehead atoms. The van der Waals surface area contributed by atoms with Gasteiger partial charge in [-0.3, -0.25) is 16.0 Å². The molecule has 0 aliphatic heterocycles. The Morgan fingerprint density at radius 3 is 2.79 bits per heavy atom. The van der Waals surface area contributed by atoms with Gasteiger partial charge in [-0.2, -0.15) is 5.10 Å². The Balaban J connectivity index is 2.26. The lowest BCUT2D eigenvalue weighted by atomic mass is 10.1. The Bertz CT molecular complexity index is 566. The fourth-order valence-electron chi connectivity index (χ4n) is 1.99. The number of halogens is 2. The van der Waals surface area contributed by atoms with Crippen LogP contribution in [-0.2, 0) is 19.9 Å². The SMILES string of the molecule is CCc1nn(C)c(CC(NN)c2ccc(Cl)s2)c1Br. The van der Waals surface area contributed by atoms with Gasteiger partial charge in [0.05, 0.1) is 26.2 Å². The highest BCUT2D eigenvalue weighted by Gasteiger charge is 2.19. The molecule has 3 N–H and O–H groups in total. The van der Waals surface area contributed by atoms with Crippen molar-refractivity contribution in [2.75, 3.05) is 0 Å². The van der Waals surface area contributed by atoms with Gasteiger partial charge in [0, 0.05) is 18.3 Å². The zero-order valence-corrected chi connectivity index (χ0v) is 13.9. The summed E-state index contributed by atoms with van der Waals surface area (Å²) in [5.74, 6) is 5.67. The number of nitrogens with one attached hydrogen (secondary N) is 1. The molecule has 2 aromatic rings. The molecule has 0 saturated carbocycles. The number of nitrogens with two attached hydrogens (primary N) is 1. The van der Waals surface area contributed by atoms with Crippen LogP contribution in [0.3, 0.4) is 0 Å². The quantitative estimate of drug-likeness (QED) is 0.633. The van der Waals surface area contributed by atoms with Crippen LogP contribution in [0.5, 0.6) is 0 Å².